The van der Waals surface area contributed by atoms with Gasteiger partial charge in [-0.3, -0.25) is 9.59 Å². The summed E-state index contributed by atoms with van der Waals surface area (Å²) in [5, 5.41) is 6.14. The van der Waals surface area contributed by atoms with Crippen LogP contribution in [0.4, 0.5) is 0 Å². The van der Waals surface area contributed by atoms with Gasteiger partial charge in [-0.15, -0.1) is 0 Å². The first-order valence-electron chi connectivity index (χ1n) is 8.30. The van der Waals surface area contributed by atoms with Crippen LogP contribution in [0.1, 0.15) is 54.4 Å². The van der Waals surface area contributed by atoms with E-state index >= 15 is 0 Å². The molecule has 0 aliphatic heterocycles. The van der Waals surface area contributed by atoms with E-state index in [1.54, 1.807) is 0 Å². The van der Waals surface area contributed by atoms with Crippen LogP contribution in [0.25, 0.3) is 0 Å². The van der Waals surface area contributed by atoms with Gasteiger partial charge in [0.05, 0.1) is 11.8 Å². The zero-order valence-electron chi connectivity index (χ0n) is 14.7. The van der Waals surface area contributed by atoms with Crippen molar-refractivity contribution in [2.75, 3.05) is 0 Å². The molecule has 0 radical (unpaired) electrons. The van der Waals surface area contributed by atoms with Crippen LogP contribution in [0.15, 0.2) is 12.2 Å². The van der Waals surface area contributed by atoms with Gasteiger partial charge in [-0.1, -0.05) is 12.2 Å². The second kappa shape index (κ2) is 5.71. The maximum atomic E-state index is 12.8. The highest BCUT2D eigenvalue weighted by Crippen LogP contribution is 2.45. The fourth-order valence-corrected chi connectivity index (χ4v) is 3.61. The number of fused-ring (bicyclic) bond motifs is 2. The summed E-state index contributed by atoms with van der Waals surface area (Å²) in [6, 6.07) is 0. The lowest BCUT2D eigenvalue weighted by atomic mass is 9.61. The van der Waals surface area contributed by atoms with Gasteiger partial charge in [0.25, 0.3) is 0 Å². The standard InChI is InChI=1S/C18H30N2O2/c1-17(2,3)19-15(21)13-11-7-9-12(10-8-11)14(13)16(22)20-18(4,5)6/h7,9,11-14H,8,10H2,1-6H3,(H,19,21)(H,20,22)/t11-,12+,13-,14-/m0/s1. The van der Waals surface area contributed by atoms with Gasteiger partial charge in [-0.05, 0) is 66.2 Å². The fraction of sp³-hybridized carbons (Fsp3) is 0.778. The molecule has 4 atom stereocenters. The Bertz CT molecular complexity index is 438. The number of allylic oxidation sites excluding steroid dienone is 2. The number of carbonyl (C=O) groups excluding carboxylic acids is 2. The molecule has 1 fully saturated rings. The summed E-state index contributed by atoms with van der Waals surface area (Å²) in [6.07, 6.45) is 6.29. The summed E-state index contributed by atoms with van der Waals surface area (Å²) in [5.41, 5.74) is -0.551. The smallest absolute Gasteiger partial charge is 0.224 e. The predicted molar refractivity (Wildman–Crippen MR) is 88.1 cm³/mol. The average Bonchev–Trinajstić information content (AvgIpc) is 2.34. The van der Waals surface area contributed by atoms with Crippen LogP contribution in [0, 0.1) is 23.7 Å². The number of nitrogens with one attached hydrogen (secondary N) is 2. The lowest BCUT2D eigenvalue weighted by Crippen LogP contribution is -2.56. The van der Waals surface area contributed by atoms with E-state index in [0.29, 0.717) is 0 Å². The van der Waals surface area contributed by atoms with E-state index in [-0.39, 0.29) is 46.6 Å². The zero-order valence-corrected chi connectivity index (χ0v) is 14.7. The van der Waals surface area contributed by atoms with Crippen LogP contribution in [0.5, 0.6) is 0 Å². The average molecular weight is 306 g/mol. The molecule has 0 aromatic carbocycles. The molecule has 0 unspecified atom stereocenters. The van der Waals surface area contributed by atoms with Gasteiger partial charge >= 0.3 is 0 Å². The van der Waals surface area contributed by atoms with E-state index in [9.17, 15) is 9.59 Å². The van der Waals surface area contributed by atoms with Crippen LogP contribution in [0.2, 0.25) is 0 Å². The van der Waals surface area contributed by atoms with Crippen molar-refractivity contribution in [2.24, 2.45) is 23.7 Å². The molecule has 22 heavy (non-hydrogen) atoms. The molecule has 2 N–H and O–H groups in total. The Hall–Kier alpha value is -1.32. The normalized spacial score (nSPS) is 31.0. The third-order valence-corrected chi connectivity index (χ3v) is 4.35. The molecule has 0 spiro atoms. The molecule has 0 aromatic heterocycles. The molecule has 2 bridgehead atoms. The predicted octanol–water partition coefficient (Wildman–Crippen LogP) is 2.64. The van der Waals surface area contributed by atoms with Gasteiger partial charge in [0.15, 0.2) is 0 Å². The molecule has 0 aromatic rings. The Morgan fingerprint density at radius 2 is 1.09 bits per heavy atom. The highest BCUT2D eigenvalue weighted by molar-refractivity contribution is 5.89. The molecular weight excluding hydrogens is 276 g/mol. The maximum absolute atomic E-state index is 12.8. The van der Waals surface area contributed by atoms with Crippen molar-refractivity contribution in [1.29, 1.82) is 0 Å². The Kier molecular flexibility index (Phi) is 4.42. The summed E-state index contributed by atoms with van der Waals surface area (Å²) < 4.78 is 0. The summed E-state index contributed by atoms with van der Waals surface area (Å²) in [6.45, 7) is 11.9. The number of rotatable bonds is 2. The highest BCUT2D eigenvalue weighted by Gasteiger charge is 2.48. The molecule has 3 rings (SSSR count). The molecule has 1 saturated carbocycles. The van der Waals surface area contributed by atoms with Gasteiger partial charge in [0.1, 0.15) is 0 Å². The Labute approximate surface area is 134 Å². The molecule has 0 heterocycles. The number of hydrogen-bond acceptors (Lipinski definition) is 2. The third kappa shape index (κ3) is 3.90. The monoisotopic (exact) mass is 306 g/mol. The number of amides is 2. The SMILES string of the molecule is CC(C)(C)NC(=O)[C@@H]1[C@@H](C(=O)NC(C)(C)C)[C@H]2C=C[C@@H]1CC2. The second-order valence-corrected chi connectivity index (χ2v) is 8.82. The maximum Gasteiger partial charge on any atom is 0.224 e. The van der Waals surface area contributed by atoms with Crippen LogP contribution < -0.4 is 10.6 Å². The summed E-state index contributed by atoms with van der Waals surface area (Å²) in [7, 11) is 0. The molecule has 124 valence electrons. The lowest BCUT2D eigenvalue weighted by molar-refractivity contribution is -0.142. The minimum atomic E-state index is -0.275. The molecule has 0 saturated heterocycles. The third-order valence-electron chi connectivity index (χ3n) is 4.35. The van der Waals surface area contributed by atoms with Crippen LogP contribution in [0.3, 0.4) is 0 Å². The van der Waals surface area contributed by atoms with Gasteiger partial charge in [-0.25, -0.2) is 0 Å². The lowest BCUT2D eigenvalue weighted by Gasteiger charge is -2.44. The van der Waals surface area contributed by atoms with Gasteiger partial charge in [-0.2, -0.15) is 0 Å². The second-order valence-electron chi connectivity index (χ2n) is 8.82. The summed E-state index contributed by atoms with van der Waals surface area (Å²) in [4.78, 5) is 25.5. The van der Waals surface area contributed by atoms with E-state index in [0.717, 1.165) is 12.8 Å². The van der Waals surface area contributed by atoms with Gasteiger partial charge in [0, 0.05) is 11.1 Å². The first kappa shape index (κ1) is 17.0. The van der Waals surface area contributed by atoms with Crippen molar-refractivity contribution in [2.45, 2.75) is 65.5 Å². The summed E-state index contributed by atoms with van der Waals surface area (Å²) >= 11 is 0. The largest absolute Gasteiger partial charge is 0.351 e. The zero-order chi connectivity index (χ0) is 16.7. The van der Waals surface area contributed by atoms with Crippen molar-refractivity contribution in [3.8, 4) is 0 Å². The van der Waals surface area contributed by atoms with Crippen LogP contribution >= 0.6 is 0 Å². The highest BCUT2D eigenvalue weighted by atomic mass is 16.2. The molecular formula is C18H30N2O2. The minimum Gasteiger partial charge on any atom is -0.351 e. The molecule has 2 amide bonds. The molecule has 4 nitrogen and oxygen atoms in total. The van der Waals surface area contributed by atoms with Gasteiger partial charge < -0.3 is 10.6 Å². The topological polar surface area (TPSA) is 58.2 Å². The van der Waals surface area contributed by atoms with Crippen molar-refractivity contribution >= 4 is 11.8 Å². The van der Waals surface area contributed by atoms with Crippen molar-refractivity contribution in [3.05, 3.63) is 12.2 Å². The minimum absolute atomic E-state index is 0.0145. The summed E-state index contributed by atoms with van der Waals surface area (Å²) in [5.74, 6) is -0.0944. The van der Waals surface area contributed by atoms with E-state index in [1.807, 2.05) is 41.5 Å². The molecule has 4 heteroatoms. The van der Waals surface area contributed by atoms with Crippen LogP contribution in [-0.2, 0) is 9.59 Å². The van der Waals surface area contributed by atoms with Crippen LogP contribution in [-0.4, -0.2) is 22.9 Å². The van der Waals surface area contributed by atoms with E-state index in [2.05, 4.69) is 22.8 Å². The molecule has 3 aliphatic carbocycles. The van der Waals surface area contributed by atoms with E-state index in [1.165, 1.54) is 0 Å². The fourth-order valence-electron chi connectivity index (χ4n) is 3.61. The number of hydrogen-bond donors (Lipinski definition) is 2. The van der Waals surface area contributed by atoms with Crippen molar-refractivity contribution in [3.63, 3.8) is 0 Å². The van der Waals surface area contributed by atoms with Gasteiger partial charge in [0.2, 0.25) is 11.8 Å². The van der Waals surface area contributed by atoms with E-state index in [4.69, 9.17) is 0 Å². The number of carbonyl (C=O) groups is 2. The van der Waals surface area contributed by atoms with E-state index < -0.39 is 0 Å². The first-order valence-corrected chi connectivity index (χ1v) is 8.30. The van der Waals surface area contributed by atoms with Crippen molar-refractivity contribution in [1.82, 2.24) is 10.6 Å². The molecule has 3 aliphatic rings. The Morgan fingerprint density at radius 1 is 0.773 bits per heavy atom. The Morgan fingerprint density at radius 3 is 1.32 bits per heavy atom. The quantitative estimate of drug-likeness (QED) is 0.771. The first-order chi connectivity index (χ1) is 9.98. The van der Waals surface area contributed by atoms with Crippen molar-refractivity contribution < 1.29 is 9.59 Å². The Balaban J connectivity index is 2.23.